The first-order valence-electron chi connectivity index (χ1n) is 8.35. The van der Waals surface area contributed by atoms with Crippen molar-refractivity contribution in [3.8, 4) is 0 Å². The van der Waals surface area contributed by atoms with Crippen molar-refractivity contribution in [3.05, 3.63) is 23.4 Å². The quantitative estimate of drug-likeness (QED) is 0.861. The van der Waals surface area contributed by atoms with Crippen LogP contribution >= 0.6 is 11.8 Å². The second kappa shape index (κ2) is 7.64. The molecule has 3 heteroatoms. The summed E-state index contributed by atoms with van der Waals surface area (Å²) in [6.07, 6.45) is 3.85. The molecule has 1 aromatic heterocycles. The van der Waals surface area contributed by atoms with Gasteiger partial charge in [-0.2, -0.15) is 0 Å². The lowest BCUT2D eigenvalue weighted by Gasteiger charge is -2.39. The van der Waals surface area contributed by atoms with Gasteiger partial charge >= 0.3 is 0 Å². The van der Waals surface area contributed by atoms with Gasteiger partial charge in [-0.1, -0.05) is 20.8 Å². The van der Waals surface area contributed by atoms with E-state index >= 15 is 0 Å². The molecule has 2 nitrogen and oxygen atoms in total. The molecule has 4 unspecified atom stereocenters. The smallest absolute Gasteiger partial charge is 0.0969 e. The average molecular weight is 307 g/mol. The maximum absolute atomic E-state index is 4.73. The third-order valence-electron chi connectivity index (χ3n) is 4.38. The second-order valence-corrected chi connectivity index (χ2v) is 8.02. The van der Waals surface area contributed by atoms with E-state index in [1.807, 2.05) is 11.8 Å². The molecule has 0 amide bonds. The van der Waals surface area contributed by atoms with Crippen molar-refractivity contribution < 1.29 is 0 Å². The molecule has 0 spiro atoms. The van der Waals surface area contributed by atoms with Crippen molar-refractivity contribution in [1.82, 2.24) is 10.3 Å². The highest BCUT2D eigenvalue weighted by molar-refractivity contribution is 7.99. The van der Waals surface area contributed by atoms with Gasteiger partial charge in [-0.25, -0.2) is 4.98 Å². The summed E-state index contributed by atoms with van der Waals surface area (Å²) >= 11 is 1.99. The van der Waals surface area contributed by atoms with Crippen LogP contribution in [0.15, 0.2) is 17.2 Å². The third-order valence-corrected chi connectivity index (χ3v) is 5.89. The van der Waals surface area contributed by atoms with E-state index in [0.29, 0.717) is 11.3 Å². The highest BCUT2D eigenvalue weighted by Crippen LogP contribution is 2.39. The van der Waals surface area contributed by atoms with E-state index in [1.54, 1.807) is 0 Å². The number of hydrogen-bond acceptors (Lipinski definition) is 3. The van der Waals surface area contributed by atoms with Gasteiger partial charge in [0.05, 0.1) is 5.03 Å². The molecule has 4 atom stereocenters. The molecule has 1 aliphatic rings. The van der Waals surface area contributed by atoms with Crippen LogP contribution in [0.5, 0.6) is 0 Å². The van der Waals surface area contributed by atoms with Crippen LogP contribution in [0.25, 0.3) is 0 Å². The van der Waals surface area contributed by atoms with Crippen molar-refractivity contribution >= 4 is 11.8 Å². The fourth-order valence-electron chi connectivity index (χ4n) is 3.56. The molecule has 0 saturated heterocycles. The summed E-state index contributed by atoms with van der Waals surface area (Å²) in [5.74, 6) is 1.58. The van der Waals surface area contributed by atoms with Crippen LogP contribution in [0.4, 0.5) is 0 Å². The van der Waals surface area contributed by atoms with Crippen molar-refractivity contribution in [2.45, 2.75) is 70.2 Å². The fraction of sp³-hybridized carbons (Fsp3) is 0.722. The summed E-state index contributed by atoms with van der Waals surface area (Å²) < 4.78 is 0. The Morgan fingerprint density at radius 3 is 2.67 bits per heavy atom. The van der Waals surface area contributed by atoms with Crippen LogP contribution in [-0.2, 0) is 0 Å². The number of nitrogens with one attached hydrogen (secondary N) is 1. The van der Waals surface area contributed by atoms with Gasteiger partial charge in [-0.15, -0.1) is 11.8 Å². The van der Waals surface area contributed by atoms with Crippen molar-refractivity contribution in [1.29, 1.82) is 0 Å². The number of hydrogen-bond donors (Lipinski definition) is 1. The number of rotatable bonds is 5. The lowest BCUT2D eigenvalue weighted by atomic mass is 9.80. The maximum atomic E-state index is 4.73. The highest BCUT2D eigenvalue weighted by atomic mass is 32.2. The van der Waals surface area contributed by atoms with E-state index in [1.165, 1.54) is 29.9 Å². The number of aryl methyl sites for hydroxylation is 2. The SMILES string of the molecule is CCCNC1CC(C)CC(C)C1Sc1cc(C)cc(C)n1. The first-order valence-corrected chi connectivity index (χ1v) is 9.23. The van der Waals surface area contributed by atoms with E-state index in [9.17, 15) is 0 Å². The Labute approximate surface area is 134 Å². The van der Waals surface area contributed by atoms with Gasteiger partial charge in [0.1, 0.15) is 0 Å². The molecule has 2 rings (SSSR count). The average Bonchev–Trinajstić information content (AvgIpc) is 2.38. The normalized spacial score (nSPS) is 29.6. The van der Waals surface area contributed by atoms with Gasteiger partial charge in [-0.3, -0.25) is 0 Å². The zero-order chi connectivity index (χ0) is 15.4. The standard InChI is InChI=1S/C18H30N2S/c1-6-7-19-16-10-12(2)8-14(4)18(16)21-17-11-13(3)9-15(5)20-17/h9,11-12,14,16,18-19H,6-8,10H2,1-5H3. The molecule has 0 aliphatic heterocycles. The van der Waals surface area contributed by atoms with E-state index in [2.05, 4.69) is 52.1 Å². The second-order valence-electron chi connectivity index (χ2n) is 6.82. The molecule has 1 aliphatic carbocycles. The monoisotopic (exact) mass is 306 g/mol. The van der Waals surface area contributed by atoms with E-state index in [-0.39, 0.29) is 0 Å². The van der Waals surface area contributed by atoms with E-state index < -0.39 is 0 Å². The lowest BCUT2D eigenvalue weighted by molar-refractivity contribution is 0.249. The van der Waals surface area contributed by atoms with Gasteiger partial charge in [0, 0.05) is 17.0 Å². The number of thioether (sulfide) groups is 1. The molecule has 1 aromatic rings. The topological polar surface area (TPSA) is 24.9 Å². The molecule has 0 radical (unpaired) electrons. The summed E-state index contributed by atoms with van der Waals surface area (Å²) in [6, 6.07) is 5.01. The van der Waals surface area contributed by atoms with Gasteiger partial charge in [0.2, 0.25) is 0 Å². The van der Waals surface area contributed by atoms with Gasteiger partial charge in [0.15, 0.2) is 0 Å². The number of nitrogens with zero attached hydrogens (tertiary/aromatic N) is 1. The van der Waals surface area contributed by atoms with Crippen LogP contribution in [0.3, 0.4) is 0 Å². The molecule has 1 N–H and O–H groups in total. The Morgan fingerprint density at radius 1 is 1.24 bits per heavy atom. The Hall–Kier alpha value is -0.540. The Kier molecular flexibility index (Phi) is 6.12. The lowest BCUT2D eigenvalue weighted by Crippen LogP contribution is -2.46. The molecule has 0 aromatic carbocycles. The predicted molar refractivity (Wildman–Crippen MR) is 93.0 cm³/mol. The van der Waals surface area contributed by atoms with Crippen molar-refractivity contribution in [2.75, 3.05) is 6.54 Å². The van der Waals surface area contributed by atoms with Crippen LogP contribution in [0, 0.1) is 25.7 Å². The Morgan fingerprint density at radius 2 is 2.00 bits per heavy atom. The van der Waals surface area contributed by atoms with Crippen LogP contribution in [-0.4, -0.2) is 22.8 Å². The van der Waals surface area contributed by atoms with Gasteiger partial charge in [0.25, 0.3) is 0 Å². The molecule has 1 heterocycles. The van der Waals surface area contributed by atoms with Gasteiger partial charge < -0.3 is 5.32 Å². The summed E-state index contributed by atoms with van der Waals surface area (Å²) in [7, 11) is 0. The molecule has 118 valence electrons. The molecule has 21 heavy (non-hydrogen) atoms. The number of aromatic nitrogens is 1. The zero-order valence-electron chi connectivity index (χ0n) is 14.1. The molecule has 0 bridgehead atoms. The Balaban J connectivity index is 2.12. The maximum Gasteiger partial charge on any atom is 0.0969 e. The van der Waals surface area contributed by atoms with Crippen molar-refractivity contribution in [3.63, 3.8) is 0 Å². The van der Waals surface area contributed by atoms with Crippen LogP contribution in [0.2, 0.25) is 0 Å². The minimum Gasteiger partial charge on any atom is -0.313 e. The largest absolute Gasteiger partial charge is 0.313 e. The van der Waals surface area contributed by atoms with Gasteiger partial charge in [-0.05, 0) is 69.2 Å². The predicted octanol–water partition coefficient (Wildman–Crippen LogP) is 4.59. The summed E-state index contributed by atoms with van der Waals surface area (Å²) in [5.41, 5.74) is 2.45. The summed E-state index contributed by atoms with van der Waals surface area (Å²) in [5, 5.41) is 5.62. The molecular formula is C18H30N2S. The van der Waals surface area contributed by atoms with Crippen LogP contribution < -0.4 is 5.32 Å². The molecule has 1 fully saturated rings. The van der Waals surface area contributed by atoms with E-state index in [4.69, 9.17) is 4.98 Å². The van der Waals surface area contributed by atoms with E-state index in [0.717, 1.165) is 24.1 Å². The van der Waals surface area contributed by atoms with Crippen LogP contribution in [0.1, 0.15) is 51.3 Å². The van der Waals surface area contributed by atoms with Crippen molar-refractivity contribution in [2.24, 2.45) is 11.8 Å². The minimum absolute atomic E-state index is 0.622. The minimum atomic E-state index is 0.622. The fourth-order valence-corrected chi connectivity index (χ4v) is 5.01. The zero-order valence-corrected chi connectivity index (χ0v) is 15.0. The molecular weight excluding hydrogens is 276 g/mol. The summed E-state index contributed by atoms with van der Waals surface area (Å²) in [6.45, 7) is 12.4. The third kappa shape index (κ3) is 4.72. The first-order chi connectivity index (χ1) is 9.99. The Bertz CT molecular complexity index is 440. The molecule has 1 saturated carbocycles. The highest BCUT2D eigenvalue weighted by Gasteiger charge is 2.34. The number of pyridine rings is 1. The first kappa shape index (κ1) is 16.8. The summed E-state index contributed by atoms with van der Waals surface area (Å²) in [4.78, 5) is 4.73.